The molecule has 2 N–H and O–H groups in total. The van der Waals surface area contributed by atoms with Gasteiger partial charge in [-0.05, 0) is 61.8 Å². The molecule has 0 saturated heterocycles. The van der Waals surface area contributed by atoms with Gasteiger partial charge in [-0.3, -0.25) is 0 Å². The first-order valence-electron chi connectivity index (χ1n) is 7.75. The second-order valence-electron chi connectivity index (χ2n) is 6.15. The Labute approximate surface area is 132 Å². The van der Waals surface area contributed by atoms with Crippen molar-refractivity contribution in [2.24, 2.45) is 5.73 Å². The summed E-state index contributed by atoms with van der Waals surface area (Å²) in [5.41, 5.74) is 9.57. The third-order valence-electron chi connectivity index (χ3n) is 3.92. The molecular formula is C19H25FN2. The molecule has 0 aliphatic rings. The average molecular weight is 300 g/mol. The summed E-state index contributed by atoms with van der Waals surface area (Å²) in [5.74, 6) is 0.168. The second kappa shape index (κ2) is 7.52. The van der Waals surface area contributed by atoms with Crippen molar-refractivity contribution in [2.45, 2.75) is 25.8 Å². The highest BCUT2D eigenvalue weighted by molar-refractivity contribution is 5.65. The Hall–Kier alpha value is -1.71. The quantitative estimate of drug-likeness (QED) is 0.873. The zero-order chi connectivity index (χ0) is 16.1. The fourth-order valence-corrected chi connectivity index (χ4v) is 2.64. The van der Waals surface area contributed by atoms with Crippen molar-refractivity contribution < 1.29 is 4.39 Å². The Morgan fingerprint density at radius 2 is 1.77 bits per heavy atom. The number of rotatable bonds is 6. The van der Waals surface area contributed by atoms with Gasteiger partial charge in [0, 0.05) is 12.1 Å². The normalized spacial score (nSPS) is 12.6. The van der Waals surface area contributed by atoms with E-state index >= 15 is 0 Å². The van der Waals surface area contributed by atoms with E-state index in [9.17, 15) is 4.39 Å². The fraction of sp³-hybridized carbons (Fsp3) is 0.368. The van der Waals surface area contributed by atoms with Crippen LogP contribution in [0.2, 0.25) is 0 Å². The van der Waals surface area contributed by atoms with Crippen molar-refractivity contribution in [3.05, 3.63) is 59.4 Å². The zero-order valence-electron chi connectivity index (χ0n) is 13.6. The minimum Gasteiger partial charge on any atom is -0.330 e. The highest BCUT2D eigenvalue weighted by Crippen LogP contribution is 2.28. The molecule has 1 atom stereocenters. The van der Waals surface area contributed by atoms with Crippen LogP contribution in [0.25, 0.3) is 11.1 Å². The van der Waals surface area contributed by atoms with E-state index in [1.807, 2.05) is 38.4 Å². The molecule has 0 aliphatic carbocycles. The van der Waals surface area contributed by atoms with Gasteiger partial charge < -0.3 is 10.6 Å². The number of nitrogens with two attached hydrogens (primary N) is 1. The van der Waals surface area contributed by atoms with Gasteiger partial charge in [0.1, 0.15) is 5.82 Å². The third kappa shape index (κ3) is 4.15. The van der Waals surface area contributed by atoms with Crippen LogP contribution in [-0.4, -0.2) is 25.5 Å². The van der Waals surface area contributed by atoms with E-state index < -0.39 is 0 Å². The number of hydrogen-bond acceptors (Lipinski definition) is 2. The molecule has 0 bridgehead atoms. The molecule has 0 aliphatic heterocycles. The van der Waals surface area contributed by atoms with Gasteiger partial charge in [-0.25, -0.2) is 4.39 Å². The molecule has 2 aromatic carbocycles. The summed E-state index contributed by atoms with van der Waals surface area (Å²) in [6, 6.07) is 13.5. The van der Waals surface area contributed by atoms with Crippen LogP contribution < -0.4 is 5.73 Å². The number of halogens is 1. The smallest absolute Gasteiger partial charge is 0.131 e. The van der Waals surface area contributed by atoms with Gasteiger partial charge in [0.25, 0.3) is 0 Å². The first-order valence-corrected chi connectivity index (χ1v) is 7.75. The molecule has 118 valence electrons. The van der Waals surface area contributed by atoms with Crippen molar-refractivity contribution >= 4 is 0 Å². The Morgan fingerprint density at radius 1 is 1.09 bits per heavy atom. The number of nitrogens with zero attached hydrogens (tertiary/aromatic N) is 1. The summed E-state index contributed by atoms with van der Waals surface area (Å²) in [5, 5.41) is 0. The van der Waals surface area contributed by atoms with Crippen molar-refractivity contribution in [3.63, 3.8) is 0 Å². The molecule has 0 radical (unpaired) electrons. The maximum absolute atomic E-state index is 14.2. The molecule has 2 rings (SSSR count). The highest BCUT2D eigenvalue weighted by atomic mass is 19.1. The molecule has 0 spiro atoms. The van der Waals surface area contributed by atoms with Gasteiger partial charge in [-0.15, -0.1) is 0 Å². The van der Waals surface area contributed by atoms with E-state index in [2.05, 4.69) is 24.0 Å². The maximum atomic E-state index is 14.2. The second-order valence-corrected chi connectivity index (χ2v) is 6.15. The lowest BCUT2D eigenvalue weighted by Gasteiger charge is -2.14. The monoisotopic (exact) mass is 300 g/mol. The summed E-state index contributed by atoms with van der Waals surface area (Å²) >= 11 is 0. The molecule has 0 aromatic heterocycles. The minimum absolute atomic E-state index is 0.177. The van der Waals surface area contributed by atoms with Crippen LogP contribution in [0, 0.1) is 5.82 Å². The third-order valence-corrected chi connectivity index (χ3v) is 3.92. The van der Waals surface area contributed by atoms with Crippen molar-refractivity contribution in [3.8, 4) is 11.1 Å². The van der Waals surface area contributed by atoms with Crippen molar-refractivity contribution in [1.29, 1.82) is 0 Å². The van der Waals surface area contributed by atoms with Gasteiger partial charge in [-0.1, -0.05) is 37.3 Å². The zero-order valence-corrected chi connectivity index (χ0v) is 13.6. The van der Waals surface area contributed by atoms with Crippen molar-refractivity contribution in [2.75, 3.05) is 20.6 Å². The average Bonchev–Trinajstić information content (AvgIpc) is 2.48. The lowest BCUT2D eigenvalue weighted by molar-refractivity contribution is 0.402. The standard InChI is InChI=1S/C19H25FN2/c1-14(10-11-21)17-8-9-19(20)18(12-17)16-6-4-15(5-7-16)13-22(2)3/h4-9,12,14H,10-11,13,21H2,1-3H3. The first-order chi connectivity index (χ1) is 10.5. The van der Waals surface area contributed by atoms with Gasteiger partial charge >= 0.3 is 0 Å². The Morgan fingerprint density at radius 3 is 2.36 bits per heavy atom. The van der Waals surface area contributed by atoms with Crippen molar-refractivity contribution in [1.82, 2.24) is 4.90 Å². The molecule has 2 nitrogen and oxygen atoms in total. The first kappa shape index (κ1) is 16.7. The Bertz CT molecular complexity index is 605. The van der Waals surface area contributed by atoms with Crippen LogP contribution in [0.5, 0.6) is 0 Å². The molecule has 2 aromatic rings. The Kier molecular flexibility index (Phi) is 5.69. The summed E-state index contributed by atoms with van der Waals surface area (Å²) < 4.78 is 14.2. The van der Waals surface area contributed by atoms with Gasteiger partial charge in [0.2, 0.25) is 0 Å². The molecule has 0 saturated carbocycles. The number of benzene rings is 2. The van der Waals surface area contributed by atoms with E-state index in [4.69, 9.17) is 5.73 Å². The van der Waals surface area contributed by atoms with Crippen LogP contribution in [-0.2, 0) is 6.54 Å². The molecule has 0 heterocycles. The van der Waals surface area contributed by atoms with E-state index in [0.29, 0.717) is 18.0 Å². The number of hydrogen-bond donors (Lipinski definition) is 1. The van der Waals surface area contributed by atoms with Crippen LogP contribution >= 0.6 is 0 Å². The van der Waals surface area contributed by atoms with Gasteiger partial charge in [-0.2, -0.15) is 0 Å². The van der Waals surface area contributed by atoms with E-state index in [-0.39, 0.29) is 5.82 Å². The molecule has 22 heavy (non-hydrogen) atoms. The maximum Gasteiger partial charge on any atom is 0.131 e. The van der Waals surface area contributed by atoms with Crippen LogP contribution in [0.15, 0.2) is 42.5 Å². The largest absolute Gasteiger partial charge is 0.330 e. The van der Waals surface area contributed by atoms with Crippen LogP contribution in [0.4, 0.5) is 4.39 Å². The van der Waals surface area contributed by atoms with E-state index in [1.54, 1.807) is 6.07 Å². The molecule has 3 heteroatoms. The molecular weight excluding hydrogens is 275 g/mol. The fourth-order valence-electron chi connectivity index (χ4n) is 2.64. The van der Waals surface area contributed by atoms with Crippen LogP contribution in [0.3, 0.4) is 0 Å². The summed E-state index contributed by atoms with van der Waals surface area (Å²) in [6.07, 6.45) is 0.910. The Balaban J connectivity index is 2.29. The topological polar surface area (TPSA) is 29.3 Å². The van der Waals surface area contributed by atoms with Gasteiger partial charge in [0.05, 0.1) is 0 Å². The minimum atomic E-state index is -0.177. The summed E-state index contributed by atoms with van der Waals surface area (Å²) in [7, 11) is 4.08. The lowest BCUT2D eigenvalue weighted by Crippen LogP contribution is -2.10. The summed E-state index contributed by atoms with van der Waals surface area (Å²) in [4.78, 5) is 2.12. The van der Waals surface area contributed by atoms with Crippen LogP contribution in [0.1, 0.15) is 30.4 Å². The molecule has 0 fully saturated rings. The van der Waals surface area contributed by atoms with Gasteiger partial charge in [0.15, 0.2) is 0 Å². The molecule has 1 unspecified atom stereocenters. The van der Waals surface area contributed by atoms with E-state index in [1.165, 1.54) is 5.56 Å². The molecule has 0 amide bonds. The predicted octanol–water partition coefficient (Wildman–Crippen LogP) is 4.01. The summed E-state index contributed by atoms with van der Waals surface area (Å²) in [6.45, 7) is 3.66. The highest BCUT2D eigenvalue weighted by Gasteiger charge is 2.10. The lowest BCUT2D eigenvalue weighted by atomic mass is 9.93. The SMILES string of the molecule is CC(CCN)c1ccc(F)c(-c2ccc(CN(C)C)cc2)c1. The predicted molar refractivity (Wildman–Crippen MR) is 91.3 cm³/mol. The van der Waals surface area contributed by atoms with E-state index in [0.717, 1.165) is 24.1 Å².